The van der Waals surface area contributed by atoms with E-state index < -0.39 is 11.7 Å². The second-order valence-electron chi connectivity index (χ2n) is 11.3. The number of ether oxygens (including phenoxy) is 1. The molecular weight excluding hydrogens is 543 g/mol. The highest BCUT2D eigenvalue weighted by molar-refractivity contribution is 6.36. The Kier molecular flexibility index (Phi) is 7.74. The molecule has 0 aliphatic carbocycles. The molecule has 8 nitrogen and oxygen atoms in total. The number of halogens is 2. The molecule has 2 saturated heterocycles. The van der Waals surface area contributed by atoms with Crippen LogP contribution in [0.1, 0.15) is 31.5 Å². The first-order valence-corrected chi connectivity index (χ1v) is 14.8. The zero-order chi connectivity index (χ0) is 28.7. The highest BCUT2D eigenvalue weighted by Gasteiger charge is 2.32. The SMILES string of the molecule is C=C(F)C(=O)N1CCN(c2nc(OCC3CCN3C(C)C)nc3c2CCN(c2cccc4cccc(Cl)c24)C3)CC1. The van der Waals surface area contributed by atoms with Crippen LogP contribution in [0.4, 0.5) is 15.9 Å². The molecule has 1 aromatic heterocycles. The van der Waals surface area contributed by atoms with Gasteiger partial charge in [-0.15, -0.1) is 0 Å². The van der Waals surface area contributed by atoms with Crippen LogP contribution in [0.15, 0.2) is 48.8 Å². The quantitative estimate of drug-likeness (QED) is 0.372. The number of benzene rings is 2. The van der Waals surface area contributed by atoms with Crippen LogP contribution >= 0.6 is 11.6 Å². The lowest BCUT2D eigenvalue weighted by molar-refractivity contribution is -0.128. The second kappa shape index (κ2) is 11.4. The van der Waals surface area contributed by atoms with E-state index >= 15 is 0 Å². The van der Waals surface area contributed by atoms with Crippen LogP contribution in [0.5, 0.6) is 6.01 Å². The Hall–Kier alpha value is -3.43. The fourth-order valence-corrected chi connectivity index (χ4v) is 6.52. The van der Waals surface area contributed by atoms with Crippen molar-refractivity contribution in [2.45, 2.75) is 45.3 Å². The summed E-state index contributed by atoms with van der Waals surface area (Å²) in [6.45, 7) is 12.5. The molecule has 0 N–H and O–H groups in total. The fourth-order valence-electron chi connectivity index (χ4n) is 6.24. The third kappa shape index (κ3) is 5.45. The molecule has 1 unspecified atom stereocenters. The highest BCUT2D eigenvalue weighted by atomic mass is 35.5. The van der Waals surface area contributed by atoms with E-state index in [4.69, 9.17) is 26.3 Å². The molecule has 2 fully saturated rings. The van der Waals surface area contributed by atoms with Gasteiger partial charge in [-0.05, 0) is 44.2 Å². The predicted octanol–water partition coefficient (Wildman–Crippen LogP) is 4.84. The maximum atomic E-state index is 13.5. The first-order valence-electron chi connectivity index (χ1n) is 14.4. The van der Waals surface area contributed by atoms with Gasteiger partial charge in [0.15, 0.2) is 5.83 Å². The van der Waals surface area contributed by atoms with Crippen molar-refractivity contribution >= 4 is 39.8 Å². The van der Waals surface area contributed by atoms with E-state index in [0.29, 0.717) is 57.4 Å². The van der Waals surface area contributed by atoms with Crippen molar-refractivity contribution in [1.29, 1.82) is 0 Å². The standard InChI is InChI=1S/C31H36ClFN6O2/c1-20(2)39-13-10-23(39)19-41-31-34-26-18-38(27-9-5-7-22-6-4-8-25(32)28(22)27)12-11-24(26)29(35-31)36-14-16-37(17-15-36)30(40)21(3)33/h4-9,20,23H,3,10-19H2,1-2H3. The third-order valence-corrected chi connectivity index (χ3v) is 8.87. The van der Waals surface area contributed by atoms with Gasteiger partial charge in [-0.3, -0.25) is 9.69 Å². The summed E-state index contributed by atoms with van der Waals surface area (Å²) in [6.07, 6.45) is 1.86. The molecule has 0 radical (unpaired) electrons. The summed E-state index contributed by atoms with van der Waals surface area (Å²) in [4.78, 5) is 30.4. The lowest BCUT2D eigenvalue weighted by Crippen LogP contribution is -2.54. The maximum absolute atomic E-state index is 13.5. The van der Waals surface area contributed by atoms with E-state index in [2.05, 4.69) is 59.4 Å². The maximum Gasteiger partial charge on any atom is 0.318 e. The summed E-state index contributed by atoms with van der Waals surface area (Å²) in [7, 11) is 0. The van der Waals surface area contributed by atoms with Gasteiger partial charge in [0.25, 0.3) is 5.91 Å². The Labute approximate surface area is 245 Å². The molecule has 3 aromatic rings. The minimum atomic E-state index is -0.923. The number of hydrogen-bond donors (Lipinski definition) is 0. The van der Waals surface area contributed by atoms with Gasteiger partial charge in [0, 0.05) is 68.0 Å². The summed E-state index contributed by atoms with van der Waals surface area (Å²) in [5.41, 5.74) is 3.12. The molecule has 0 spiro atoms. The van der Waals surface area contributed by atoms with Crippen molar-refractivity contribution < 1.29 is 13.9 Å². The summed E-state index contributed by atoms with van der Waals surface area (Å²) in [6, 6.07) is 13.5. The number of fused-ring (bicyclic) bond motifs is 2. The number of anilines is 2. The molecule has 2 aromatic carbocycles. The molecule has 4 heterocycles. The number of rotatable bonds is 7. The Morgan fingerprint density at radius 3 is 2.51 bits per heavy atom. The molecule has 216 valence electrons. The predicted molar refractivity (Wildman–Crippen MR) is 161 cm³/mol. The lowest BCUT2D eigenvalue weighted by atomic mass is 10.0. The molecule has 3 aliphatic heterocycles. The summed E-state index contributed by atoms with van der Waals surface area (Å²) in [5, 5.41) is 2.88. The van der Waals surface area contributed by atoms with Crippen LogP contribution in [-0.2, 0) is 17.8 Å². The monoisotopic (exact) mass is 578 g/mol. The number of aromatic nitrogens is 2. The number of hydrogen-bond acceptors (Lipinski definition) is 7. The zero-order valence-electron chi connectivity index (χ0n) is 23.7. The molecule has 41 heavy (non-hydrogen) atoms. The van der Waals surface area contributed by atoms with Gasteiger partial charge in [-0.1, -0.05) is 42.4 Å². The molecule has 3 aliphatic rings. The van der Waals surface area contributed by atoms with Crippen molar-refractivity contribution in [3.63, 3.8) is 0 Å². The molecule has 10 heteroatoms. The molecule has 0 bridgehead atoms. The van der Waals surface area contributed by atoms with Crippen LogP contribution in [0.2, 0.25) is 5.02 Å². The molecule has 0 saturated carbocycles. The van der Waals surface area contributed by atoms with E-state index in [1.54, 1.807) is 0 Å². The summed E-state index contributed by atoms with van der Waals surface area (Å²) in [5.74, 6) is -0.715. The number of likely N-dealkylation sites (tertiary alicyclic amines) is 1. The second-order valence-corrected chi connectivity index (χ2v) is 11.7. The minimum absolute atomic E-state index is 0.357. The van der Waals surface area contributed by atoms with Gasteiger partial charge in [0.1, 0.15) is 12.4 Å². The summed E-state index contributed by atoms with van der Waals surface area (Å²) < 4.78 is 19.7. The smallest absolute Gasteiger partial charge is 0.318 e. The highest BCUT2D eigenvalue weighted by Crippen LogP contribution is 2.37. The van der Waals surface area contributed by atoms with Crippen LogP contribution < -0.4 is 14.5 Å². The normalized spacial score (nSPS) is 19.3. The van der Waals surface area contributed by atoms with Gasteiger partial charge in [-0.25, -0.2) is 4.39 Å². The number of carbonyl (C=O) groups is 1. The first kappa shape index (κ1) is 27.7. The number of nitrogens with zero attached hydrogens (tertiary/aromatic N) is 6. The van der Waals surface area contributed by atoms with Crippen molar-refractivity contribution in [3.8, 4) is 6.01 Å². The first-order chi connectivity index (χ1) is 19.8. The van der Waals surface area contributed by atoms with Crippen molar-refractivity contribution in [3.05, 3.63) is 65.1 Å². The zero-order valence-corrected chi connectivity index (χ0v) is 24.4. The van der Waals surface area contributed by atoms with Crippen molar-refractivity contribution in [1.82, 2.24) is 19.8 Å². The number of carbonyl (C=O) groups excluding carboxylic acids is 1. The topological polar surface area (TPSA) is 65.0 Å². The van der Waals surface area contributed by atoms with E-state index in [0.717, 1.165) is 64.5 Å². The van der Waals surface area contributed by atoms with E-state index in [9.17, 15) is 9.18 Å². The third-order valence-electron chi connectivity index (χ3n) is 8.55. The van der Waals surface area contributed by atoms with Crippen molar-refractivity contribution in [2.24, 2.45) is 0 Å². The molecule has 1 amide bonds. The number of piperazine rings is 1. The Balaban J connectivity index is 1.29. The van der Waals surface area contributed by atoms with Gasteiger partial charge >= 0.3 is 6.01 Å². The average Bonchev–Trinajstić information content (AvgIpc) is 2.95. The van der Waals surface area contributed by atoms with E-state index in [-0.39, 0.29) is 0 Å². The lowest BCUT2D eigenvalue weighted by Gasteiger charge is -2.43. The Morgan fingerprint density at radius 1 is 1.07 bits per heavy atom. The van der Waals surface area contributed by atoms with Gasteiger partial charge < -0.3 is 19.4 Å². The van der Waals surface area contributed by atoms with E-state index in [1.807, 2.05) is 12.1 Å². The minimum Gasteiger partial charge on any atom is -0.462 e. The Morgan fingerprint density at radius 2 is 1.83 bits per heavy atom. The van der Waals surface area contributed by atoms with Crippen LogP contribution in [-0.4, -0.2) is 83.6 Å². The van der Waals surface area contributed by atoms with Crippen LogP contribution in [0.25, 0.3) is 10.8 Å². The largest absolute Gasteiger partial charge is 0.462 e. The Bertz CT molecular complexity index is 1470. The van der Waals surface area contributed by atoms with Gasteiger partial charge in [0.2, 0.25) is 0 Å². The van der Waals surface area contributed by atoms with E-state index in [1.165, 1.54) is 4.90 Å². The fraction of sp³-hybridized carbons (Fsp3) is 0.452. The van der Waals surface area contributed by atoms with Crippen LogP contribution in [0.3, 0.4) is 0 Å². The number of amides is 1. The molecule has 6 rings (SSSR count). The molecule has 1 atom stereocenters. The van der Waals surface area contributed by atoms with Gasteiger partial charge in [0.05, 0.1) is 17.3 Å². The molecular formula is C31H36ClFN6O2. The average molecular weight is 579 g/mol. The summed E-state index contributed by atoms with van der Waals surface area (Å²) >= 11 is 6.67. The van der Waals surface area contributed by atoms with Crippen molar-refractivity contribution in [2.75, 3.05) is 55.7 Å². The van der Waals surface area contributed by atoms with Crippen LogP contribution in [0, 0.1) is 0 Å². The van der Waals surface area contributed by atoms with Gasteiger partial charge in [-0.2, -0.15) is 9.97 Å².